The summed E-state index contributed by atoms with van der Waals surface area (Å²) in [5, 5.41) is 0. The number of hydrogen-bond acceptors (Lipinski definition) is 4. The molecule has 0 amide bonds. The Hall–Kier alpha value is -1.55. The molecule has 1 aromatic carbocycles. The van der Waals surface area contributed by atoms with Crippen LogP contribution in [-0.2, 0) is 11.2 Å². The highest BCUT2D eigenvalue weighted by atomic mass is 16.5. The van der Waals surface area contributed by atoms with Crippen LogP contribution in [0.5, 0.6) is 11.5 Å². The summed E-state index contributed by atoms with van der Waals surface area (Å²) >= 11 is 0. The molecule has 0 bridgehead atoms. The number of methoxy groups -OCH3 is 2. The van der Waals surface area contributed by atoms with E-state index in [1.807, 2.05) is 12.3 Å². The van der Waals surface area contributed by atoms with Crippen LogP contribution in [0.2, 0.25) is 0 Å². The zero-order valence-electron chi connectivity index (χ0n) is 14.3. The second-order valence-corrected chi connectivity index (χ2v) is 6.76. The number of rotatable bonds is 6. The second-order valence-electron chi connectivity index (χ2n) is 6.76. The smallest absolute Gasteiger partial charge is 0.161 e. The third-order valence-electron chi connectivity index (χ3n) is 3.98. The molecule has 0 aliphatic carbocycles. The van der Waals surface area contributed by atoms with E-state index in [-0.39, 0.29) is 5.41 Å². The molecule has 0 aromatic heterocycles. The number of aliphatic imine (C=N–C) groups is 1. The molecule has 0 N–H and O–H groups in total. The number of nitrogens with zero attached hydrogens (tertiary/aromatic N) is 1. The van der Waals surface area contributed by atoms with Crippen molar-refractivity contribution in [1.29, 1.82) is 0 Å². The Labute approximate surface area is 133 Å². The minimum Gasteiger partial charge on any atom is -0.493 e. The number of fused-ring (bicyclic) bond motifs is 1. The van der Waals surface area contributed by atoms with Crippen molar-refractivity contribution >= 4 is 6.21 Å². The van der Waals surface area contributed by atoms with Gasteiger partial charge in [0.1, 0.15) is 0 Å². The molecular formula is C18H27NO3. The van der Waals surface area contributed by atoms with Gasteiger partial charge in [0.05, 0.1) is 19.8 Å². The molecule has 0 saturated carbocycles. The molecule has 2 rings (SSSR count). The van der Waals surface area contributed by atoms with E-state index in [9.17, 15) is 0 Å². The Kier molecular flexibility index (Phi) is 5.46. The van der Waals surface area contributed by atoms with E-state index in [0.29, 0.717) is 19.3 Å². The van der Waals surface area contributed by atoms with Gasteiger partial charge in [0.25, 0.3) is 0 Å². The Morgan fingerprint density at radius 1 is 1.14 bits per heavy atom. The van der Waals surface area contributed by atoms with E-state index in [4.69, 9.17) is 19.2 Å². The predicted octanol–water partition coefficient (Wildman–Crippen LogP) is 3.50. The normalized spacial score (nSPS) is 17.2. The van der Waals surface area contributed by atoms with Gasteiger partial charge in [-0.1, -0.05) is 20.8 Å². The van der Waals surface area contributed by atoms with E-state index < -0.39 is 0 Å². The lowest BCUT2D eigenvalue weighted by atomic mass is 9.81. The van der Waals surface area contributed by atoms with Gasteiger partial charge in [0.2, 0.25) is 0 Å². The molecule has 0 saturated heterocycles. The molecule has 1 atom stereocenters. The van der Waals surface area contributed by atoms with Gasteiger partial charge >= 0.3 is 0 Å². The summed E-state index contributed by atoms with van der Waals surface area (Å²) < 4.78 is 16.4. The van der Waals surface area contributed by atoms with Crippen molar-refractivity contribution in [3.63, 3.8) is 0 Å². The van der Waals surface area contributed by atoms with Crippen LogP contribution in [0, 0.1) is 5.41 Å². The lowest BCUT2D eigenvalue weighted by Gasteiger charge is -2.30. The Balaban J connectivity index is 2.18. The molecular weight excluding hydrogens is 278 g/mol. The molecule has 1 aromatic rings. The summed E-state index contributed by atoms with van der Waals surface area (Å²) in [5.41, 5.74) is 2.56. The molecule has 122 valence electrons. The van der Waals surface area contributed by atoms with Gasteiger partial charge < -0.3 is 14.2 Å². The zero-order chi connectivity index (χ0) is 16.2. The minimum atomic E-state index is 0.160. The van der Waals surface area contributed by atoms with Crippen molar-refractivity contribution in [1.82, 2.24) is 0 Å². The third-order valence-corrected chi connectivity index (χ3v) is 3.98. The predicted molar refractivity (Wildman–Crippen MR) is 89.5 cm³/mol. The highest BCUT2D eigenvalue weighted by molar-refractivity contribution is 5.84. The maximum Gasteiger partial charge on any atom is 0.161 e. The largest absolute Gasteiger partial charge is 0.493 e. The second kappa shape index (κ2) is 7.14. The van der Waals surface area contributed by atoms with Crippen molar-refractivity contribution in [3.8, 4) is 11.5 Å². The topological polar surface area (TPSA) is 40.0 Å². The van der Waals surface area contributed by atoms with Crippen LogP contribution in [0.25, 0.3) is 0 Å². The van der Waals surface area contributed by atoms with Crippen LogP contribution in [-0.4, -0.2) is 39.7 Å². The molecule has 1 aliphatic heterocycles. The molecule has 4 heteroatoms. The van der Waals surface area contributed by atoms with E-state index in [0.717, 1.165) is 29.9 Å². The van der Waals surface area contributed by atoms with Crippen molar-refractivity contribution in [3.05, 3.63) is 23.3 Å². The van der Waals surface area contributed by atoms with Crippen molar-refractivity contribution in [2.45, 2.75) is 39.7 Å². The van der Waals surface area contributed by atoms with E-state index in [1.165, 1.54) is 5.56 Å². The summed E-state index contributed by atoms with van der Waals surface area (Å²) in [5.74, 6) is 1.57. The molecule has 0 spiro atoms. The Morgan fingerprint density at radius 2 is 1.91 bits per heavy atom. The fourth-order valence-corrected chi connectivity index (χ4v) is 2.53. The summed E-state index contributed by atoms with van der Waals surface area (Å²) in [4.78, 5) is 4.70. The van der Waals surface area contributed by atoms with Gasteiger partial charge in [-0.25, -0.2) is 0 Å². The zero-order valence-corrected chi connectivity index (χ0v) is 14.3. The van der Waals surface area contributed by atoms with Crippen LogP contribution in [0.15, 0.2) is 17.1 Å². The van der Waals surface area contributed by atoms with Crippen LogP contribution in [0.3, 0.4) is 0 Å². The fourth-order valence-electron chi connectivity index (χ4n) is 2.53. The molecule has 22 heavy (non-hydrogen) atoms. The minimum absolute atomic E-state index is 0.160. The van der Waals surface area contributed by atoms with Gasteiger partial charge in [-0.2, -0.15) is 0 Å². The first-order chi connectivity index (χ1) is 10.5. The van der Waals surface area contributed by atoms with Crippen LogP contribution in [0.4, 0.5) is 0 Å². The first kappa shape index (κ1) is 16.8. The highest BCUT2D eigenvalue weighted by Gasteiger charge is 2.27. The SMILES string of the molecule is COCCCOc1cc2c(cc1OC)C=N[C@@H](C(C)(C)C)C2. The van der Waals surface area contributed by atoms with Gasteiger partial charge in [0.15, 0.2) is 11.5 Å². The molecule has 0 unspecified atom stereocenters. The number of ether oxygens (including phenoxy) is 3. The quantitative estimate of drug-likeness (QED) is 0.755. The average molecular weight is 305 g/mol. The molecule has 4 nitrogen and oxygen atoms in total. The molecule has 0 fully saturated rings. The van der Waals surface area contributed by atoms with Crippen LogP contribution < -0.4 is 9.47 Å². The number of benzene rings is 1. The maximum absolute atomic E-state index is 5.87. The van der Waals surface area contributed by atoms with Crippen LogP contribution in [0.1, 0.15) is 38.3 Å². The van der Waals surface area contributed by atoms with Gasteiger partial charge in [-0.05, 0) is 35.1 Å². The van der Waals surface area contributed by atoms with Gasteiger partial charge in [0, 0.05) is 26.4 Å². The van der Waals surface area contributed by atoms with Gasteiger partial charge in [-0.3, -0.25) is 4.99 Å². The first-order valence-electron chi connectivity index (χ1n) is 7.81. The first-order valence-corrected chi connectivity index (χ1v) is 7.81. The molecule has 1 aliphatic rings. The lowest BCUT2D eigenvalue weighted by Crippen LogP contribution is -2.29. The monoisotopic (exact) mass is 305 g/mol. The van der Waals surface area contributed by atoms with Crippen molar-refractivity contribution in [2.75, 3.05) is 27.4 Å². The average Bonchev–Trinajstić information content (AvgIpc) is 2.49. The van der Waals surface area contributed by atoms with Gasteiger partial charge in [-0.15, -0.1) is 0 Å². The Morgan fingerprint density at radius 3 is 2.55 bits per heavy atom. The summed E-state index contributed by atoms with van der Waals surface area (Å²) in [6.45, 7) is 8.01. The van der Waals surface area contributed by atoms with E-state index >= 15 is 0 Å². The number of hydrogen-bond donors (Lipinski definition) is 0. The standard InChI is InChI=1S/C18H27NO3/c1-18(2,3)17-11-13-9-16(22-8-6-7-20-4)15(21-5)10-14(13)12-19-17/h9-10,12,17H,6-8,11H2,1-5H3/t17-/m1/s1. The lowest BCUT2D eigenvalue weighted by molar-refractivity contribution is 0.170. The summed E-state index contributed by atoms with van der Waals surface area (Å²) in [6, 6.07) is 4.42. The van der Waals surface area contributed by atoms with Crippen LogP contribution >= 0.6 is 0 Å². The van der Waals surface area contributed by atoms with E-state index in [1.54, 1.807) is 14.2 Å². The summed E-state index contributed by atoms with van der Waals surface area (Å²) in [6.07, 6.45) is 3.77. The Bertz CT molecular complexity index is 532. The van der Waals surface area contributed by atoms with Crippen molar-refractivity contribution in [2.24, 2.45) is 10.4 Å². The highest BCUT2D eigenvalue weighted by Crippen LogP contribution is 2.35. The van der Waals surface area contributed by atoms with E-state index in [2.05, 4.69) is 26.8 Å². The molecule has 0 radical (unpaired) electrons. The third kappa shape index (κ3) is 4.01. The maximum atomic E-state index is 5.87. The molecule has 1 heterocycles. The van der Waals surface area contributed by atoms with Crippen molar-refractivity contribution < 1.29 is 14.2 Å². The fraction of sp³-hybridized carbons (Fsp3) is 0.611. The summed E-state index contributed by atoms with van der Waals surface area (Å²) in [7, 11) is 3.37.